The highest BCUT2D eigenvalue weighted by Gasteiger charge is 2.22. The fourth-order valence-electron chi connectivity index (χ4n) is 4.78. The number of pyridine rings is 2. The molecule has 4 aromatic rings. The number of anilines is 1. The van der Waals surface area contributed by atoms with E-state index in [1.807, 2.05) is 42.6 Å². The second-order valence-corrected chi connectivity index (χ2v) is 8.63. The second kappa shape index (κ2) is 8.24. The lowest BCUT2D eigenvalue weighted by molar-refractivity contribution is -0.00521. The van der Waals surface area contributed by atoms with E-state index in [1.165, 1.54) is 0 Å². The van der Waals surface area contributed by atoms with Gasteiger partial charge in [0.15, 0.2) is 0 Å². The molecule has 162 valence electrons. The fourth-order valence-corrected chi connectivity index (χ4v) is 4.78. The molecule has 2 aromatic heterocycles. The number of hydrogen-bond donors (Lipinski definition) is 0. The van der Waals surface area contributed by atoms with Gasteiger partial charge in [0, 0.05) is 48.4 Å². The van der Waals surface area contributed by atoms with Gasteiger partial charge in [-0.05, 0) is 85.3 Å². The summed E-state index contributed by atoms with van der Waals surface area (Å²) < 4.78 is 7.60. The van der Waals surface area contributed by atoms with Gasteiger partial charge in [-0.2, -0.15) is 0 Å². The molecular weight excluding hydrogens is 398 g/mol. The number of morpholine rings is 1. The molecular formula is C27H27N3O2. The molecule has 5 nitrogen and oxygen atoms in total. The first kappa shape index (κ1) is 20.5. The molecule has 0 bridgehead atoms. The highest BCUT2D eigenvalue weighted by molar-refractivity contribution is 5.98. The normalized spacial score (nSPS) is 18.8. The van der Waals surface area contributed by atoms with Crippen molar-refractivity contribution in [2.75, 3.05) is 18.0 Å². The minimum atomic E-state index is -0.0112. The van der Waals surface area contributed by atoms with Crippen LogP contribution >= 0.6 is 0 Å². The summed E-state index contributed by atoms with van der Waals surface area (Å²) >= 11 is 0. The second-order valence-electron chi connectivity index (χ2n) is 8.63. The molecule has 5 heteroatoms. The maximum atomic E-state index is 13.5. The summed E-state index contributed by atoms with van der Waals surface area (Å²) in [7, 11) is 0. The van der Waals surface area contributed by atoms with Gasteiger partial charge in [0.1, 0.15) is 0 Å². The monoisotopic (exact) mass is 425 g/mol. The van der Waals surface area contributed by atoms with Crippen molar-refractivity contribution in [2.45, 2.75) is 33.0 Å². The molecule has 5 rings (SSSR count). The van der Waals surface area contributed by atoms with Crippen molar-refractivity contribution < 1.29 is 4.74 Å². The molecule has 32 heavy (non-hydrogen) atoms. The number of ether oxygens (including phenoxy) is 1. The summed E-state index contributed by atoms with van der Waals surface area (Å²) in [6.45, 7) is 8.02. The summed E-state index contributed by atoms with van der Waals surface area (Å²) in [4.78, 5) is 19.9. The maximum absolute atomic E-state index is 13.5. The van der Waals surface area contributed by atoms with E-state index in [1.54, 1.807) is 17.0 Å². The molecule has 1 saturated heterocycles. The van der Waals surface area contributed by atoms with Crippen molar-refractivity contribution in [3.8, 4) is 16.8 Å². The Balaban J connectivity index is 1.56. The molecule has 1 fully saturated rings. The van der Waals surface area contributed by atoms with Gasteiger partial charge in [-0.3, -0.25) is 14.3 Å². The lowest BCUT2D eigenvalue weighted by Gasteiger charge is -2.36. The van der Waals surface area contributed by atoms with Gasteiger partial charge >= 0.3 is 0 Å². The van der Waals surface area contributed by atoms with Gasteiger partial charge in [-0.25, -0.2) is 0 Å². The first-order chi connectivity index (χ1) is 15.5. The molecule has 2 aromatic carbocycles. The van der Waals surface area contributed by atoms with Gasteiger partial charge in [0.2, 0.25) is 0 Å². The highest BCUT2D eigenvalue weighted by Crippen LogP contribution is 2.30. The number of fused-ring (bicyclic) bond motifs is 1. The molecule has 0 radical (unpaired) electrons. The van der Waals surface area contributed by atoms with E-state index in [0.717, 1.165) is 51.9 Å². The minimum Gasteiger partial charge on any atom is -0.372 e. The predicted molar refractivity (Wildman–Crippen MR) is 130 cm³/mol. The third-order valence-corrected chi connectivity index (χ3v) is 6.13. The Morgan fingerprint density at radius 2 is 1.56 bits per heavy atom. The summed E-state index contributed by atoms with van der Waals surface area (Å²) in [6, 6.07) is 18.1. The van der Waals surface area contributed by atoms with Crippen LogP contribution in [0.3, 0.4) is 0 Å². The Bertz CT molecular complexity index is 1300. The van der Waals surface area contributed by atoms with Gasteiger partial charge in [-0.15, -0.1) is 0 Å². The van der Waals surface area contributed by atoms with Crippen LogP contribution < -0.4 is 10.5 Å². The lowest BCUT2D eigenvalue weighted by atomic mass is 9.97. The minimum absolute atomic E-state index is 0.0112. The van der Waals surface area contributed by atoms with Gasteiger partial charge < -0.3 is 9.64 Å². The maximum Gasteiger partial charge on any atom is 0.262 e. The van der Waals surface area contributed by atoms with Crippen molar-refractivity contribution in [2.24, 2.45) is 0 Å². The van der Waals surface area contributed by atoms with Crippen LogP contribution in [0.4, 0.5) is 5.69 Å². The van der Waals surface area contributed by atoms with Crippen LogP contribution in [0.5, 0.6) is 0 Å². The van der Waals surface area contributed by atoms with Gasteiger partial charge in [0.25, 0.3) is 5.56 Å². The molecule has 0 spiro atoms. The number of rotatable bonds is 3. The van der Waals surface area contributed by atoms with Gasteiger partial charge in [0.05, 0.1) is 12.2 Å². The topological polar surface area (TPSA) is 47.4 Å². The van der Waals surface area contributed by atoms with E-state index in [4.69, 9.17) is 4.74 Å². The van der Waals surface area contributed by atoms with Crippen LogP contribution in [0.25, 0.3) is 27.6 Å². The summed E-state index contributed by atoms with van der Waals surface area (Å²) in [5, 5.41) is 1.71. The van der Waals surface area contributed by atoms with Crippen LogP contribution in [0, 0.1) is 6.92 Å². The third kappa shape index (κ3) is 3.69. The van der Waals surface area contributed by atoms with Crippen molar-refractivity contribution in [3.63, 3.8) is 0 Å². The molecule has 3 heterocycles. The highest BCUT2D eigenvalue weighted by atomic mass is 16.5. The first-order valence-electron chi connectivity index (χ1n) is 11.1. The molecule has 2 unspecified atom stereocenters. The Kier molecular flexibility index (Phi) is 5.27. The summed E-state index contributed by atoms with van der Waals surface area (Å²) in [6.07, 6.45) is 5.92. The van der Waals surface area contributed by atoms with E-state index in [9.17, 15) is 4.79 Å². The van der Waals surface area contributed by atoms with Gasteiger partial charge in [-0.1, -0.05) is 12.1 Å². The number of benzene rings is 2. The average molecular weight is 426 g/mol. The van der Waals surface area contributed by atoms with Crippen molar-refractivity contribution in [1.29, 1.82) is 0 Å². The Labute approximate surface area is 187 Å². The molecule has 0 amide bonds. The van der Waals surface area contributed by atoms with E-state index in [2.05, 4.69) is 48.9 Å². The Hall–Kier alpha value is -3.44. The molecule has 1 aliphatic heterocycles. The summed E-state index contributed by atoms with van der Waals surface area (Å²) in [5.41, 5.74) is 5.19. The Morgan fingerprint density at radius 1 is 0.906 bits per heavy atom. The zero-order valence-corrected chi connectivity index (χ0v) is 18.7. The number of aromatic nitrogens is 2. The van der Waals surface area contributed by atoms with Crippen LogP contribution in [-0.4, -0.2) is 34.8 Å². The van der Waals surface area contributed by atoms with Crippen molar-refractivity contribution >= 4 is 16.5 Å². The molecule has 1 aliphatic rings. The van der Waals surface area contributed by atoms with E-state index in [0.29, 0.717) is 0 Å². The number of hydrogen-bond acceptors (Lipinski definition) is 4. The SMILES string of the molecule is Cc1cn(-c2ccc(N3CC(C)OC(C)C3)cc2)c(=O)c2cccc(-c3ccncc3)c12. The standard InChI is InChI=1S/C27H27N3O2/c1-18-15-30(23-9-7-22(8-10-23)29-16-19(2)32-20(3)17-29)27(31)25-6-4-5-24(26(18)25)21-11-13-28-14-12-21/h4-15,19-20H,16-17H2,1-3H3. The molecule has 0 N–H and O–H groups in total. The summed E-state index contributed by atoms with van der Waals surface area (Å²) in [5.74, 6) is 0. The van der Waals surface area contributed by atoms with E-state index < -0.39 is 0 Å². The first-order valence-corrected chi connectivity index (χ1v) is 11.1. The predicted octanol–water partition coefficient (Wildman–Crippen LogP) is 4.97. The average Bonchev–Trinajstić information content (AvgIpc) is 2.81. The number of nitrogens with zero attached hydrogens (tertiary/aromatic N) is 3. The van der Waals surface area contributed by atoms with Crippen LogP contribution in [0.1, 0.15) is 19.4 Å². The van der Waals surface area contributed by atoms with Crippen molar-refractivity contribution in [3.05, 3.63) is 89.1 Å². The molecule has 0 aliphatic carbocycles. The van der Waals surface area contributed by atoms with E-state index >= 15 is 0 Å². The lowest BCUT2D eigenvalue weighted by Crippen LogP contribution is -2.45. The van der Waals surface area contributed by atoms with Crippen LogP contribution in [-0.2, 0) is 4.74 Å². The van der Waals surface area contributed by atoms with E-state index in [-0.39, 0.29) is 17.8 Å². The Morgan fingerprint density at radius 3 is 2.25 bits per heavy atom. The van der Waals surface area contributed by atoms with Crippen LogP contribution in [0.15, 0.2) is 78.0 Å². The fraction of sp³-hybridized carbons (Fsp3) is 0.259. The molecule has 0 saturated carbocycles. The molecule has 2 atom stereocenters. The quantitative estimate of drug-likeness (QED) is 0.465. The van der Waals surface area contributed by atoms with Crippen LogP contribution in [0.2, 0.25) is 0 Å². The smallest absolute Gasteiger partial charge is 0.262 e. The van der Waals surface area contributed by atoms with Crippen molar-refractivity contribution in [1.82, 2.24) is 9.55 Å². The zero-order chi connectivity index (χ0) is 22.2. The number of aryl methyl sites for hydroxylation is 1. The zero-order valence-electron chi connectivity index (χ0n) is 18.7. The largest absolute Gasteiger partial charge is 0.372 e. The third-order valence-electron chi connectivity index (χ3n) is 6.13.